The highest BCUT2D eigenvalue weighted by molar-refractivity contribution is 5.82. The molecule has 0 bridgehead atoms. The topological polar surface area (TPSA) is 20.3 Å². The molecule has 1 amide bonds. The summed E-state index contributed by atoms with van der Waals surface area (Å²) in [5.74, 6) is 0.303. The van der Waals surface area contributed by atoms with Crippen LogP contribution in [0.4, 0.5) is 0 Å². The molecular formula is C11H17NO. The number of nitrogens with zero attached hydrogens (tertiary/aromatic N) is 1. The Morgan fingerprint density at radius 1 is 1.23 bits per heavy atom. The lowest BCUT2D eigenvalue weighted by molar-refractivity contribution is -0.130. The normalized spacial score (nSPS) is 25.7. The molecule has 0 N–H and O–H groups in total. The van der Waals surface area contributed by atoms with E-state index in [1.54, 1.807) is 0 Å². The highest BCUT2D eigenvalue weighted by Crippen LogP contribution is 2.27. The molecule has 1 aliphatic heterocycles. The second-order valence-corrected chi connectivity index (χ2v) is 4.24. The predicted molar refractivity (Wildman–Crippen MR) is 52.3 cm³/mol. The molecule has 0 unspecified atom stereocenters. The monoisotopic (exact) mass is 179 g/mol. The smallest absolute Gasteiger partial charge is 0.227 e. The third kappa shape index (κ3) is 1.77. The number of rotatable bonds is 1. The van der Waals surface area contributed by atoms with E-state index in [0.717, 1.165) is 12.1 Å². The van der Waals surface area contributed by atoms with Gasteiger partial charge >= 0.3 is 0 Å². The van der Waals surface area contributed by atoms with Crippen LogP contribution in [0.15, 0.2) is 12.2 Å². The Hall–Kier alpha value is -0.790. The molecule has 2 aliphatic rings. The Bertz CT molecular complexity index is 228. The van der Waals surface area contributed by atoms with Crippen LogP contribution in [0, 0.1) is 0 Å². The number of carbonyl (C=O) groups is 1. The van der Waals surface area contributed by atoms with Crippen LogP contribution >= 0.6 is 0 Å². The first-order valence-corrected chi connectivity index (χ1v) is 5.23. The van der Waals surface area contributed by atoms with Crippen molar-refractivity contribution in [3.05, 3.63) is 12.2 Å². The van der Waals surface area contributed by atoms with Gasteiger partial charge in [0, 0.05) is 19.0 Å². The van der Waals surface area contributed by atoms with Gasteiger partial charge in [-0.05, 0) is 18.4 Å². The Kier molecular flexibility index (Phi) is 2.38. The molecule has 13 heavy (non-hydrogen) atoms. The number of hydrogen-bond donors (Lipinski definition) is 0. The van der Waals surface area contributed by atoms with Gasteiger partial charge in [0.05, 0.1) is 0 Å². The van der Waals surface area contributed by atoms with E-state index >= 15 is 0 Å². The molecule has 2 fully saturated rings. The van der Waals surface area contributed by atoms with Crippen molar-refractivity contribution in [1.82, 2.24) is 4.90 Å². The summed E-state index contributed by atoms with van der Waals surface area (Å²) in [6.45, 7) is 4.71. The summed E-state index contributed by atoms with van der Waals surface area (Å²) in [5, 5.41) is 0. The fraction of sp³-hybridized carbons (Fsp3) is 0.727. The van der Waals surface area contributed by atoms with Crippen molar-refractivity contribution in [3.8, 4) is 0 Å². The molecule has 1 aliphatic carbocycles. The summed E-state index contributed by atoms with van der Waals surface area (Å²) in [5.41, 5.74) is 1.09. The molecule has 2 nitrogen and oxygen atoms in total. The van der Waals surface area contributed by atoms with Crippen molar-refractivity contribution < 1.29 is 4.79 Å². The van der Waals surface area contributed by atoms with Crippen LogP contribution in [0.1, 0.15) is 38.5 Å². The van der Waals surface area contributed by atoms with E-state index in [1.807, 2.05) is 4.90 Å². The molecule has 0 atom stereocenters. The number of hydrogen-bond acceptors (Lipinski definition) is 1. The molecule has 2 rings (SSSR count). The van der Waals surface area contributed by atoms with E-state index in [1.165, 1.54) is 32.1 Å². The maximum atomic E-state index is 11.5. The van der Waals surface area contributed by atoms with Crippen molar-refractivity contribution in [2.45, 2.75) is 44.6 Å². The summed E-state index contributed by atoms with van der Waals surface area (Å²) < 4.78 is 0. The largest absolute Gasteiger partial charge is 0.335 e. The molecule has 72 valence electrons. The predicted octanol–water partition coefficient (Wildman–Crippen LogP) is 2.11. The number of likely N-dealkylation sites (tertiary alicyclic amines) is 1. The van der Waals surface area contributed by atoms with E-state index in [2.05, 4.69) is 6.58 Å². The molecule has 0 aromatic carbocycles. The van der Waals surface area contributed by atoms with Crippen molar-refractivity contribution in [2.75, 3.05) is 6.54 Å². The third-order valence-electron chi connectivity index (χ3n) is 3.13. The maximum Gasteiger partial charge on any atom is 0.227 e. The highest BCUT2D eigenvalue weighted by atomic mass is 16.2. The zero-order valence-corrected chi connectivity index (χ0v) is 8.09. The van der Waals surface area contributed by atoms with E-state index in [4.69, 9.17) is 0 Å². The van der Waals surface area contributed by atoms with Crippen molar-refractivity contribution in [3.63, 3.8) is 0 Å². The SMILES string of the molecule is C=C1CC(=O)N(C2CCCCC2)C1. The van der Waals surface area contributed by atoms with Gasteiger partial charge in [-0.3, -0.25) is 4.79 Å². The van der Waals surface area contributed by atoms with Gasteiger partial charge in [0.1, 0.15) is 0 Å². The van der Waals surface area contributed by atoms with Gasteiger partial charge in [0.25, 0.3) is 0 Å². The van der Waals surface area contributed by atoms with Crippen LogP contribution in [0.5, 0.6) is 0 Å². The minimum atomic E-state index is 0.303. The van der Waals surface area contributed by atoms with Crippen LogP contribution in [0.2, 0.25) is 0 Å². The fourth-order valence-corrected chi connectivity index (χ4v) is 2.43. The minimum absolute atomic E-state index is 0.303. The Balaban J connectivity index is 1.99. The van der Waals surface area contributed by atoms with Gasteiger partial charge in [-0.2, -0.15) is 0 Å². The molecule has 1 saturated heterocycles. The van der Waals surface area contributed by atoms with Gasteiger partial charge in [-0.1, -0.05) is 25.8 Å². The van der Waals surface area contributed by atoms with Gasteiger partial charge in [-0.25, -0.2) is 0 Å². The molecule has 2 heteroatoms. The molecule has 0 aromatic rings. The summed E-state index contributed by atoms with van der Waals surface area (Å²) in [6, 6.07) is 0.528. The average Bonchev–Trinajstić information content (AvgIpc) is 2.47. The zero-order valence-electron chi connectivity index (χ0n) is 8.09. The standard InChI is InChI=1S/C11H17NO/c1-9-7-11(13)12(8-9)10-5-3-2-4-6-10/h10H,1-8H2. The average molecular weight is 179 g/mol. The summed E-state index contributed by atoms with van der Waals surface area (Å²) in [7, 11) is 0. The van der Waals surface area contributed by atoms with Crippen LogP contribution in [0.25, 0.3) is 0 Å². The Morgan fingerprint density at radius 3 is 2.46 bits per heavy atom. The first-order valence-electron chi connectivity index (χ1n) is 5.23. The summed E-state index contributed by atoms with van der Waals surface area (Å²) in [4.78, 5) is 13.6. The second kappa shape index (κ2) is 3.52. The van der Waals surface area contributed by atoms with Crippen molar-refractivity contribution in [1.29, 1.82) is 0 Å². The van der Waals surface area contributed by atoms with Gasteiger partial charge in [0.15, 0.2) is 0 Å². The minimum Gasteiger partial charge on any atom is -0.335 e. The van der Waals surface area contributed by atoms with Gasteiger partial charge < -0.3 is 4.90 Å². The van der Waals surface area contributed by atoms with Crippen molar-refractivity contribution in [2.24, 2.45) is 0 Å². The quantitative estimate of drug-likeness (QED) is 0.564. The molecular weight excluding hydrogens is 162 g/mol. The molecule has 0 aromatic heterocycles. The second-order valence-electron chi connectivity index (χ2n) is 4.24. The first-order chi connectivity index (χ1) is 6.27. The molecule has 0 radical (unpaired) electrons. The van der Waals surface area contributed by atoms with E-state index < -0.39 is 0 Å². The molecule has 0 spiro atoms. The van der Waals surface area contributed by atoms with E-state index in [9.17, 15) is 4.79 Å². The lowest BCUT2D eigenvalue weighted by atomic mass is 9.94. The number of carbonyl (C=O) groups excluding carboxylic acids is 1. The number of amides is 1. The van der Waals surface area contributed by atoms with E-state index in [-0.39, 0.29) is 0 Å². The van der Waals surface area contributed by atoms with Crippen LogP contribution < -0.4 is 0 Å². The lowest BCUT2D eigenvalue weighted by Gasteiger charge is -2.30. The summed E-state index contributed by atoms with van der Waals surface area (Å²) in [6.07, 6.45) is 6.94. The molecule has 1 heterocycles. The van der Waals surface area contributed by atoms with E-state index in [0.29, 0.717) is 18.4 Å². The Labute approximate surface area is 79.6 Å². The highest BCUT2D eigenvalue weighted by Gasteiger charge is 2.30. The first kappa shape index (κ1) is 8.79. The van der Waals surface area contributed by atoms with Crippen molar-refractivity contribution >= 4 is 5.91 Å². The molecule has 1 saturated carbocycles. The van der Waals surface area contributed by atoms with Crippen LogP contribution in [-0.4, -0.2) is 23.4 Å². The maximum absolute atomic E-state index is 11.5. The fourth-order valence-electron chi connectivity index (χ4n) is 2.43. The van der Waals surface area contributed by atoms with Crippen LogP contribution in [0.3, 0.4) is 0 Å². The van der Waals surface area contributed by atoms with Gasteiger partial charge in [-0.15, -0.1) is 0 Å². The Morgan fingerprint density at radius 2 is 1.92 bits per heavy atom. The third-order valence-corrected chi connectivity index (χ3v) is 3.13. The van der Waals surface area contributed by atoms with Crippen LogP contribution in [-0.2, 0) is 4.79 Å². The summed E-state index contributed by atoms with van der Waals surface area (Å²) >= 11 is 0. The van der Waals surface area contributed by atoms with Gasteiger partial charge in [0.2, 0.25) is 5.91 Å². The lowest BCUT2D eigenvalue weighted by Crippen LogP contribution is -2.37. The zero-order chi connectivity index (χ0) is 9.26.